The molecule has 0 saturated carbocycles. The Balaban J connectivity index is 1.42. The average Bonchev–Trinajstić information content (AvgIpc) is 3.42. The van der Waals surface area contributed by atoms with Crippen molar-refractivity contribution in [2.24, 2.45) is 0 Å². The van der Waals surface area contributed by atoms with Crippen molar-refractivity contribution in [3.63, 3.8) is 0 Å². The summed E-state index contributed by atoms with van der Waals surface area (Å²) in [5, 5.41) is 12.8. The van der Waals surface area contributed by atoms with Crippen molar-refractivity contribution in [1.82, 2.24) is 19.2 Å². The third kappa shape index (κ3) is 3.61. The van der Waals surface area contributed by atoms with Gasteiger partial charge < -0.3 is 5.32 Å². The van der Waals surface area contributed by atoms with Crippen LogP contribution < -0.4 is 10.9 Å². The van der Waals surface area contributed by atoms with E-state index in [-0.39, 0.29) is 17.2 Å². The van der Waals surface area contributed by atoms with Crippen LogP contribution in [0.1, 0.15) is 30.9 Å². The number of rotatable bonds is 6. The highest BCUT2D eigenvalue weighted by molar-refractivity contribution is 7.99. The number of hydrogen-bond donors (Lipinski definition) is 1. The first kappa shape index (κ1) is 19.8. The molecule has 2 aromatic carbocycles. The third-order valence-corrected chi connectivity index (χ3v) is 6.57. The summed E-state index contributed by atoms with van der Waals surface area (Å²) in [6.45, 7) is 2.59. The maximum Gasteiger partial charge on any atom is 0.262 e. The second-order valence-corrected chi connectivity index (χ2v) is 8.71. The van der Waals surface area contributed by atoms with Gasteiger partial charge in [-0.2, -0.15) is 0 Å². The lowest BCUT2D eigenvalue weighted by molar-refractivity contribution is -0.113. The predicted molar refractivity (Wildman–Crippen MR) is 123 cm³/mol. The number of carbonyl (C=O) groups excluding carboxylic acids is 1. The monoisotopic (exact) mass is 433 g/mol. The van der Waals surface area contributed by atoms with E-state index in [4.69, 9.17) is 0 Å². The fraction of sp³-hybridized carbons (Fsp3) is 0.304. The fourth-order valence-corrected chi connectivity index (χ4v) is 4.97. The van der Waals surface area contributed by atoms with Gasteiger partial charge in [-0.3, -0.25) is 18.6 Å². The molecule has 0 aliphatic heterocycles. The topological polar surface area (TPSA) is 81.3 Å². The molecule has 31 heavy (non-hydrogen) atoms. The van der Waals surface area contributed by atoms with Crippen LogP contribution in [0.2, 0.25) is 0 Å². The maximum absolute atomic E-state index is 12.9. The Bertz CT molecular complexity index is 1360. The highest BCUT2D eigenvalue weighted by atomic mass is 32.2. The van der Waals surface area contributed by atoms with Gasteiger partial charge in [0.2, 0.25) is 11.7 Å². The quantitative estimate of drug-likeness (QED) is 0.469. The highest BCUT2D eigenvalue weighted by Gasteiger charge is 2.17. The van der Waals surface area contributed by atoms with E-state index >= 15 is 0 Å². The van der Waals surface area contributed by atoms with Crippen LogP contribution in [-0.2, 0) is 24.2 Å². The van der Waals surface area contributed by atoms with Gasteiger partial charge in [-0.1, -0.05) is 36.9 Å². The molecule has 0 bridgehead atoms. The molecule has 0 fully saturated rings. The molecule has 1 N–H and O–H groups in total. The number of amides is 1. The number of thioether (sulfide) groups is 1. The zero-order chi connectivity index (χ0) is 21.4. The Hall–Kier alpha value is -3.13. The van der Waals surface area contributed by atoms with Crippen LogP contribution in [0, 0.1) is 0 Å². The standard InChI is InChI=1S/C23H23N5O2S/c1-2-12-27-21(30)18-8-3-4-9-19(18)28-22(27)25-26-23(28)31-14-20(29)24-17-11-10-15-6-5-7-16(15)13-17/h3-4,8-11,13H,2,5-7,12,14H2,1H3,(H,24,29). The Morgan fingerprint density at radius 1 is 1.13 bits per heavy atom. The van der Waals surface area contributed by atoms with Gasteiger partial charge in [-0.05, 0) is 61.1 Å². The van der Waals surface area contributed by atoms with Crippen molar-refractivity contribution in [1.29, 1.82) is 0 Å². The first-order chi connectivity index (χ1) is 15.2. The number of fused-ring (bicyclic) bond motifs is 4. The van der Waals surface area contributed by atoms with E-state index in [2.05, 4.69) is 27.6 Å². The number of nitrogens with zero attached hydrogens (tertiary/aromatic N) is 4. The number of nitrogens with one attached hydrogen (secondary N) is 1. The Kier molecular flexibility index (Phi) is 5.23. The summed E-state index contributed by atoms with van der Waals surface area (Å²) in [7, 11) is 0. The molecule has 0 atom stereocenters. The van der Waals surface area contributed by atoms with Gasteiger partial charge in [-0.15, -0.1) is 10.2 Å². The molecule has 5 rings (SSSR count). The largest absolute Gasteiger partial charge is 0.325 e. The molecule has 0 unspecified atom stereocenters. The zero-order valence-corrected chi connectivity index (χ0v) is 18.1. The predicted octanol–water partition coefficient (Wildman–Crippen LogP) is 3.67. The number of aromatic nitrogens is 4. The van der Waals surface area contributed by atoms with Crippen LogP contribution in [0.4, 0.5) is 5.69 Å². The number of carbonyl (C=O) groups is 1. The summed E-state index contributed by atoms with van der Waals surface area (Å²) >= 11 is 1.32. The molecule has 1 aliphatic carbocycles. The van der Waals surface area contributed by atoms with Gasteiger partial charge in [0.1, 0.15) is 0 Å². The molecule has 0 saturated heterocycles. The summed E-state index contributed by atoms with van der Waals surface area (Å²) in [6, 6.07) is 13.6. The van der Waals surface area contributed by atoms with Crippen molar-refractivity contribution >= 4 is 40.0 Å². The molecule has 7 nitrogen and oxygen atoms in total. The molecule has 0 spiro atoms. The number of aryl methyl sites for hydroxylation is 3. The van der Waals surface area contributed by atoms with E-state index in [0.717, 1.165) is 30.5 Å². The molecule has 1 aliphatic rings. The minimum absolute atomic E-state index is 0.0664. The SMILES string of the molecule is CCCn1c(=O)c2ccccc2n2c(SCC(=O)Nc3ccc4c(c3)CCC4)nnc12. The van der Waals surface area contributed by atoms with Gasteiger partial charge >= 0.3 is 0 Å². The van der Waals surface area contributed by atoms with Gasteiger partial charge in [0, 0.05) is 12.2 Å². The van der Waals surface area contributed by atoms with Crippen molar-refractivity contribution < 1.29 is 4.79 Å². The Morgan fingerprint density at radius 3 is 2.84 bits per heavy atom. The summed E-state index contributed by atoms with van der Waals surface area (Å²) in [5.41, 5.74) is 4.23. The second-order valence-electron chi connectivity index (χ2n) is 7.77. The van der Waals surface area contributed by atoms with Crippen molar-refractivity contribution in [2.75, 3.05) is 11.1 Å². The summed E-state index contributed by atoms with van der Waals surface area (Å²) < 4.78 is 3.53. The van der Waals surface area contributed by atoms with Crippen molar-refractivity contribution in [2.45, 2.75) is 44.3 Å². The van der Waals surface area contributed by atoms with Gasteiger partial charge in [0.15, 0.2) is 5.16 Å². The number of anilines is 1. The molecule has 8 heteroatoms. The highest BCUT2D eigenvalue weighted by Crippen LogP contribution is 2.26. The van der Waals surface area contributed by atoms with Gasteiger partial charge in [0.05, 0.1) is 16.7 Å². The summed E-state index contributed by atoms with van der Waals surface area (Å²) in [5.74, 6) is 0.622. The van der Waals surface area contributed by atoms with Gasteiger partial charge in [0.25, 0.3) is 5.56 Å². The van der Waals surface area contributed by atoms with Gasteiger partial charge in [-0.25, -0.2) is 0 Å². The normalized spacial score (nSPS) is 13.1. The minimum Gasteiger partial charge on any atom is -0.325 e. The van der Waals surface area contributed by atoms with Crippen LogP contribution in [0.5, 0.6) is 0 Å². The van der Waals surface area contributed by atoms with E-state index in [1.807, 2.05) is 41.7 Å². The molecular weight excluding hydrogens is 410 g/mol. The lowest BCUT2D eigenvalue weighted by Gasteiger charge is -2.10. The van der Waals surface area contributed by atoms with E-state index in [1.54, 1.807) is 4.57 Å². The molecular formula is C23H23N5O2S. The van der Waals surface area contributed by atoms with Crippen molar-refractivity contribution in [3.8, 4) is 0 Å². The van der Waals surface area contributed by atoms with Crippen LogP contribution in [-0.4, -0.2) is 30.8 Å². The second kappa shape index (κ2) is 8.19. The fourth-order valence-electron chi connectivity index (χ4n) is 4.23. The number of hydrogen-bond acceptors (Lipinski definition) is 5. The third-order valence-electron chi connectivity index (χ3n) is 5.64. The lowest BCUT2D eigenvalue weighted by atomic mass is 10.1. The molecule has 4 aromatic rings. The first-order valence-electron chi connectivity index (χ1n) is 10.6. The number of benzene rings is 2. The smallest absolute Gasteiger partial charge is 0.262 e. The summed E-state index contributed by atoms with van der Waals surface area (Å²) in [6.07, 6.45) is 4.19. The maximum atomic E-state index is 12.9. The Morgan fingerprint density at radius 2 is 1.97 bits per heavy atom. The lowest BCUT2D eigenvalue weighted by Crippen LogP contribution is -2.23. The van der Waals surface area contributed by atoms with E-state index in [9.17, 15) is 9.59 Å². The zero-order valence-electron chi connectivity index (χ0n) is 17.3. The van der Waals surface area contributed by atoms with Crippen LogP contribution in [0.15, 0.2) is 52.4 Å². The molecule has 2 heterocycles. The van der Waals surface area contributed by atoms with Crippen LogP contribution in [0.25, 0.3) is 16.7 Å². The van der Waals surface area contributed by atoms with Crippen LogP contribution in [0.3, 0.4) is 0 Å². The molecule has 158 valence electrons. The molecule has 0 radical (unpaired) electrons. The van der Waals surface area contributed by atoms with E-state index in [0.29, 0.717) is 22.9 Å². The van der Waals surface area contributed by atoms with Crippen molar-refractivity contribution in [3.05, 3.63) is 63.9 Å². The minimum atomic E-state index is -0.0918. The van der Waals surface area contributed by atoms with Crippen LogP contribution >= 0.6 is 11.8 Å². The number of para-hydroxylation sites is 1. The molecule has 1 amide bonds. The molecule has 2 aromatic heterocycles. The Labute approximate surface area is 183 Å². The van der Waals surface area contributed by atoms with E-state index < -0.39 is 0 Å². The summed E-state index contributed by atoms with van der Waals surface area (Å²) in [4.78, 5) is 25.5. The average molecular weight is 434 g/mol. The first-order valence-corrected chi connectivity index (χ1v) is 11.6. The van der Waals surface area contributed by atoms with E-state index in [1.165, 1.54) is 29.3 Å².